The summed E-state index contributed by atoms with van der Waals surface area (Å²) in [6.07, 6.45) is 3.42. The Hall–Kier alpha value is -8.22. The fourth-order valence-electron chi connectivity index (χ4n) is 8.30. The van der Waals surface area contributed by atoms with E-state index < -0.39 is 126 Å². The van der Waals surface area contributed by atoms with Crippen molar-refractivity contribution in [3.8, 4) is 11.1 Å². The summed E-state index contributed by atoms with van der Waals surface area (Å²) in [6, 6.07) is 10.2. The van der Waals surface area contributed by atoms with Gasteiger partial charge in [0.05, 0.1) is 24.5 Å². The van der Waals surface area contributed by atoms with Crippen molar-refractivity contribution in [2.75, 3.05) is 32.8 Å². The van der Waals surface area contributed by atoms with Crippen LogP contribution in [0.1, 0.15) is 75.1 Å². The highest BCUT2D eigenvalue weighted by atomic mass is 19.1. The third-order valence-electron chi connectivity index (χ3n) is 12.1. The van der Waals surface area contributed by atoms with Crippen LogP contribution in [0.4, 0.5) is 8.78 Å². The summed E-state index contributed by atoms with van der Waals surface area (Å²) < 4.78 is 31.8. The van der Waals surface area contributed by atoms with Gasteiger partial charge in [-0.05, 0) is 67.6 Å². The zero-order chi connectivity index (χ0) is 55.9. The molecule has 0 bridgehead atoms. The van der Waals surface area contributed by atoms with E-state index in [9.17, 15) is 57.8 Å². The number of aliphatic hydroxyl groups excluding tert-OH is 2. The molecule has 24 heteroatoms. The van der Waals surface area contributed by atoms with Gasteiger partial charge in [-0.25, -0.2) is 8.78 Å². The molecule has 1 aliphatic heterocycles. The van der Waals surface area contributed by atoms with E-state index in [1.54, 1.807) is 16.8 Å². The topological polar surface area (TPSA) is 317 Å². The number of benzene rings is 2. The minimum absolute atomic E-state index is 0.0590. The van der Waals surface area contributed by atoms with Crippen molar-refractivity contribution >= 4 is 53.2 Å². The Labute approximate surface area is 436 Å². The van der Waals surface area contributed by atoms with Gasteiger partial charge in [0.2, 0.25) is 35.4 Å². The molecule has 1 unspecified atom stereocenters. The fraction of sp³-hybridized carbons (Fsp3) is 0.385. The molecule has 0 saturated carbocycles. The maximum absolute atomic E-state index is 15.4. The van der Waals surface area contributed by atoms with Crippen LogP contribution in [0.25, 0.3) is 11.1 Å². The third kappa shape index (κ3) is 16.4. The zero-order valence-electron chi connectivity index (χ0n) is 42.5. The van der Waals surface area contributed by atoms with Gasteiger partial charge in [-0.15, -0.1) is 0 Å². The first-order chi connectivity index (χ1) is 36.0. The summed E-state index contributed by atoms with van der Waals surface area (Å²) in [7, 11) is 0. The van der Waals surface area contributed by atoms with E-state index in [-0.39, 0.29) is 49.3 Å². The average Bonchev–Trinajstić information content (AvgIpc) is 3.93. The highest BCUT2D eigenvalue weighted by Crippen LogP contribution is 2.41. The van der Waals surface area contributed by atoms with E-state index in [1.165, 1.54) is 43.3 Å². The molecule has 1 aliphatic rings. The minimum Gasteiger partial charge on any atom is -0.387 e. The van der Waals surface area contributed by atoms with E-state index in [1.807, 2.05) is 51.1 Å². The number of carbonyl (C=O) groups is 9. The molecule has 10 N–H and O–H groups in total. The predicted octanol–water partition coefficient (Wildman–Crippen LogP) is 0.292. The Morgan fingerprint density at radius 2 is 1.45 bits per heavy atom. The molecule has 0 saturated heterocycles. The van der Waals surface area contributed by atoms with Gasteiger partial charge in [-0.2, -0.15) is 0 Å². The molecule has 0 aliphatic carbocycles. The molecule has 9 amide bonds. The summed E-state index contributed by atoms with van der Waals surface area (Å²) in [5.41, 5.74) is 6.35. The molecule has 5 rings (SSSR count). The van der Waals surface area contributed by atoms with Gasteiger partial charge in [0, 0.05) is 79.3 Å². The number of carbonyl (C=O) groups excluding carboxylic acids is 9. The quantitative estimate of drug-likeness (QED) is 0.0233. The van der Waals surface area contributed by atoms with Crippen LogP contribution in [0.15, 0.2) is 97.5 Å². The van der Waals surface area contributed by atoms with E-state index in [4.69, 9.17) is 5.73 Å². The van der Waals surface area contributed by atoms with E-state index in [2.05, 4.69) is 36.9 Å². The Morgan fingerprint density at radius 3 is 2.08 bits per heavy atom. The van der Waals surface area contributed by atoms with Gasteiger partial charge in [0.15, 0.2) is 0 Å². The number of imide groups is 1. The number of pyridine rings is 1. The molecule has 76 heavy (non-hydrogen) atoms. The molecule has 406 valence electrons. The lowest BCUT2D eigenvalue weighted by Gasteiger charge is -2.41. The Bertz CT molecular complexity index is 2770. The lowest BCUT2D eigenvalue weighted by atomic mass is 9.82. The molecule has 4 aromatic rings. The molecule has 0 fully saturated rings. The number of halogens is 2. The standard InChI is InChI=1S/C52H63F2N11O11/c1-30(60-49(74)33-15-18-56-19-16-33)47(72)59-31(2)48(73)62-39(25-41(55)67)51(76)61-38(50(75)58-21-20-57-42(68)28-65-43(69)13-14-44(65)70)17-22-64(45(71)29-66)46(52(3,4)5)40-23-34(36-24-35(53)11-12-37(36)54)27-63(40)26-32-9-7-6-8-10-32/h6-16,18-19,23-24,27,30-31,38-39,46,51,61,66,76H,17,20-22,25-26,28-29H2,1-5H3,(H2,55,67)(H,57,68)(H,58,75)(H,59,72)(H,60,74)(H,62,73)/t30-,31-,38-,39-,46-,51?/m0/s1. The Morgan fingerprint density at radius 1 is 0.816 bits per heavy atom. The van der Waals surface area contributed by atoms with Gasteiger partial charge < -0.3 is 52.0 Å². The molecule has 3 heterocycles. The number of nitrogens with one attached hydrogen (secondary N) is 6. The summed E-state index contributed by atoms with van der Waals surface area (Å²) in [5, 5.41) is 37.4. The summed E-state index contributed by atoms with van der Waals surface area (Å²) in [4.78, 5) is 122. The first kappa shape index (κ1) is 58.7. The van der Waals surface area contributed by atoms with Crippen LogP contribution in [0.2, 0.25) is 0 Å². The zero-order valence-corrected chi connectivity index (χ0v) is 42.5. The van der Waals surface area contributed by atoms with Crippen LogP contribution in [0.5, 0.6) is 0 Å². The van der Waals surface area contributed by atoms with Gasteiger partial charge in [0.25, 0.3) is 17.7 Å². The molecule has 0 spiro atoms. The summed E-state index contributed by atoms with van der Waals surface area (Å²) in [5.74, 6) is -8.41. The highest BCUT2D eigenvalue weighted by Gasteiger charge is 2.39. The number of rotatable bonds is 26. The number of hydrogen-bond acceptors (Lipinski definition) is 13. The van der Waals surface area contributed by atoms with Crippen molar-refractivity contribution in [2.24, 2.45) is 11.1 Å². The lowest BCUT2D eigenvalue weighted by Crippen LogP contribution is -2.60. The van der Waals surface area contributed by atoms with Crippen LogP contribution < -0.4 is 37.6 Å². The number of amides is 9. The number of primary amides is 1. The number of nitrogens with zero attached hydrogens (tertiary/aromatic N) is 4. The Kier molecular flexibility index (Phi) is 20.7. The van der Waals surface area contributed by atoms with Crippen molar-refractivity contribution in [3.05, 3.63) is 126 Å². The smallest absolute Gasteiger partial charge is 0.254 e. The van der Waals surface area contributed by atoms with Crippen molar-refractivity contribution in [1.29, 1.82) is 0 Å². The third-order valence-corrected chi connectivity index (χ3v) is 12.1. The second-order valence-corrected chi connectivity index (χ2v) is 19.0. The van der Waals surface area contributed by atoms with Crippen LogP contribution >= 0.6 is 0 Å². The first-order valence-corrected chi connectivity index (χ1v) is 24.2. The fourth-order valence-corrected chi connectivity index (χ4v) is 8.30. The van der Waals surface area contributed by atoms with Gasteiger partial charge in [-0.3, -0.25) is 58.4 Å². The first-order valence-electron chi connectivity index (χ1n) is 24.2. The van der Waals surface area contributed by atoms with Crippen molar-refractivity contribution in [1.82, 2.24) is 51.3 Å². The van der Waals surface area contributed by atoms with Crippen LogP contribution in [-0.4, -0.2) is 146 Å². The maximum Gasteiger partial charge on any atom is 0.254 e. The largest absolute Gasteiger partial charge is 0.387 e. The molecule has 0 radical (unpaired) electrons. The van der Waals surface area contributed by atoms with Crippen LogP contribution in [0, 0.1) is 17.0 Å². The van der Waals surface area contributed by atoms with Crippen molar-refractivity contribution in [3.63, 3.8) is 0 Å². The second kappa shape index (κ2) is 26.8. The minimum atomic E-state index is -1.95. The van der Waals surface area contributed by atoms with E-state index >= 15 is 4.39 Å². The van der Waals surface area contributed by atoms with Crippen LogP contribution in [-0.2, 0) is 44.9 Å². The molecule has 22 nitrogen and oxygen atoms in total. The molecular weight excluding hydrogens is 993 g/mol. The predicted molar refractivity (Wildman–Crippen MR) is 270 cm³/mol. The Balaban J connectivity index is 1.42. The van der Waals surface area contributed by atoms with Gasteiger partial charge in [0.1, 0.15) is 43.1 Å². The number of hydrogen-bond donors (Lipinski definition) is 9. The maximum atomic E-state index is 15.4. The lowest BCUT2D eigenvalue weighted by molar-refractivity contribution is -0.141. The number of aromatic nitrogens is 2. The van der Waals surface area contributed by atoms with Crippen LogP contribution in [0.3, 0.4) is 0 Å². The van der Waals surface area contributed by atoms with Crippen molar-refractivity contribution < 1.29 is 62.1 Å². The molecular formula is C52H63F2N11O11. The summed E-state index contributed by atoms with van der Waals surface area (Å²) in [6.45, 7) is 5.90. The average molecular weight is 1060 g/mol. The second-order valence-electron chi connectivity index (χ2n) is 19.0. The monoisotopic (exact) mass is 1060 g/mol. The SMILES string of the molecule is C[C@H](NC(=O)c1ccncc1)C(=O)N[C@@H](C)C(=O)N[C@@H](CC(N)=O)C(O)N[C@@H](CCN(C(=O)CO)[C@@H](c1cc(-c2cc(F)ccc2F)cn1Cc1ccccc1)C(C)(C)C)C(=O)NCCNC(=O)CN1C(=O)C=CC1=O. The van der Waals surface area contributed by atoms with E-state index in [0.717, 1.165) is 35.9 Å². The molecule has 2 aromatic carbocycles. The normalized spacial score (nSPS) is 14.7. The molecule has 2 aromatic heterocycles. The summed E-state index contributed by atoms with van der Waals surface area (Å²) >= 11 is 0. The highest BCUT2D eigenvalue weighted by molar-refractivity contribution is 6.14. The van der Waals surface area contributed by atoms with E-state index in [0.29, 0.717) is 10.6 Å². The molecule has 6 atom stereocenters. The van der Waals surface area contributed by atoms with Gasteiger partial charge in [-0.1, -0.05) is 51.1 Å². The van der Waals surface area contributed by atoms with Gasteiger partial charge >= 0.3 is 0 Å². The van der Waals surface area contributed by atoms with Crippen molar-refractivity contribution in [2.45, 2.75) is 90.4 Å². The number of aliphatic hydroxyl groups is 2. The number of nitrogens with two attached hydrogens (primary N) is 1.